The van der Waals surface area contributed by atoms with Crippen molar-refractivity contribution in [1.82, 2.24) is 10.3 Å². The third-order valence-electron chi connectivity index (χ3n) is 3.30. The van der Waals surface area contributed by atoms with Gasteiger partial charge in [-0.25, -0.2) is 4.98 Å². The molecule has 1 fully saturated rings. The van der Waals surface area contributed by atoms with Gasteiger partial charge in [-0.15, -0.1) is 0 Å². The largest absolute Gasteiger partial charge is 0.352 e. The van der Waals surface area contributed by atoms with E-state index in [-0.39, 0.29) is 5.91 Å². The predicted octanol–water partition coefficient (Wildman–Crippen LogP) is 3.05. The van der Waals surface area contributed by atoms with E-state index in [4.69, 9.17) is 11.6 Å². The Bertz CT molecular complexity index is 389. The number of nitrogens with one attached hydrogen (secondary N) is 1. The van der Waals surface area contributed by atoms with Gasteiger partial charge in [-0.05, 0) is 24.5 Å². The van der Waals surface area contributed by atoms with Crippen molar-refractivity contribution in [2.24, 2.45) is 5.92 Å². The zero-order valence-electron chi connectivity index (χ0n) is 9.79. The first-order valence-electron chi connectivity index (χ1n) is 6.15. The fourth-order valence-electron chi connectivity index (χ4n) is 2.33. The third kappa shape index (κ3) is 3.70. The lowest BCUT2D eigenvalue weighted by molar-refractivity contribution is 0.0951. The molecule has 3 nitrogen and oxygen atoms in total. The van der Waals surface area contributed by atoms with Gasteiger partial charge in [0.15, 0.2) is 0 Å². The molecule has 0 atom stereocenters. The summed E-state index contributed by atoms with van der Waals surface area (Å²) in [6, 6.07) is 3.27. The van der Waals surface area contributed by atoms with Crippen LogP contribution in [0.25, 0.3) is 0 Å². The first kappa shape index (κ1) is 12.4. The number of hydrogen-bond donors (Lipinski definition) is 1. The summed E-state index contributed by atoms with van der Waals surface area (Å²) in [5.41, 5.74) is 0.580. The van der Waals surface area contributed by atoms with Crippen molar-refractivity contribution in [1.29, 1.82) is 0 Å². The number of nitrogens with zero attached hydrogens (tertiary/aromatic N) is 1. The number of carbonyl (C=O) groups is 1. The quantitative estimate of drug-likeness (QED) is 0.837. The number of pyridine rings is 1. The summed E-state index contributed by atoms with van der Waals surface area (Å²) >= 11 is 5.74. The van der Waals surface area contributed by atoms with E-state index in [0.717, 1.165) is 18.9 Å². The average molecular weight is 253 g/mol. The van der Waals surface area contributed by atoms with Crippen LogP contribution in [0.15, 0.2) is 18.3 Å². The lowest BCUT2D eigenvalue weighted by Gasteiger charge is -2.09. The molecule has 0 aromatic carbocycles. The van der Waals surface area contributed by atoms with E-state index < -0.39 is 0 Å². The number of hydrogen-bond acceptors (Lipinski definition) is 2. The number of carbonyl (C=O) groups excluding carboxylic acids is 1. The van der Waals surface area contributed by atoms with Crippen LogP contribution in [0.3, 0.4) is 0 Å². The molecule has 1 amide bonds. The molecule has 1 aromatic rings. The summed E-state index contributed by atoms with van der Waals surface area (Å²) in [5, 5.41) is 3.28. The van der Waals surface area contributed by atoms with Crippen molar-refractivity contribution < 1.29 is 4.79 Å². The Kier molecular flexibility index (Phi) is 4.37. The SMILES string of the molecule is O=C(NCCC1CCCC1)c1ccnc(Cl)c1. The maximum atomic E-state index is 11.8. The van der Waals surface area contributed by atoms with Crippen LogP contribution >= 0.6 is 11.6 Å². The Morgan fingerprint density at radius 3 is 2.94 bits per heavy atom. The minimum atomic E-state index is -0.0627. The van der Waals surface area contributed by atoms with Gasteiger partial charge in [0.25, 0.3) is 5.91 Å². The second-order valence-electron chi connectivity index (χ2n) is 4.56. The maximum absolute atomic E-state index is 11.8. The van der Waals surface area contributed by atoms with Gasteiger partial charge in [0.1, 0.15) is 5.15 Å². The van der Waals surface area contributed by atoms with Crippen molar-refractivity contribution in [2.75, 3.05) is 6.54 Å². The Labute approximate surface area is 107 Å². The van der Waals surface area contributed by atoms with Gasteiger partial charge in [0.05, 0.1) is 0 Å². The average Bonchev–Trinajstić information content (AvgIpc) is 2.82. The fraction of sp³-hybridized carbons (Fsp3) is 0.538. The van der Waals surface area contributed by atoms with E-state index in [0.29, 0.717) is 10.7 Å². The minimum absolute atomic E-state index is 0.0627. The number of aromatic nitrogens is 1. The van der Waals surface area contributed by atoms with Crippen LogP contribution in [0.4, 0.5) is 0 Å². The highest BCUT2D eigenvalue weighted by Gasteiger charge is 2.15. The first-order chi connectivity index (χ1) is 8.25. The van der Waals surface area contributed by atoms with E-state index in [1.807, 2.05) is 0 Å². The van der Waals surface area contributed by atoms with Crippen LogP contribution in [-0.2, 0) is 0 Å². The van der Waals surface area contributed by atoms with Crippen LogP contribution in [-0.4, -0.2) is 17.4 Å². The Hall–Kier alpha value is -1.09. The highest BCUT2D eigenvalue weighted by atomic mass is 35.5. The summed E-state index contributed by atoms with van der Waals surface area (Å²) in [5.74, 6) is 0.739. The number of amides is 1. The maximum Gasteiger partial charge on any atom is 0.251 e. The Balaban J connectivity index is 1.77. The van der Waals surface area contributed by atoms with E-state index >= 15 is 0 Å². The van der Waals surface area contributed by atoms with E-state index in [1.165, 1.54) is 25.7 Å². The molecule has 92 valence electrons. The highest BCUT2D eigenvalue weighted by molar-refractivity contribution is 6.29. The van der Waals surface area contributed by atoms with Crippen molar-refractivity contribution >= 4 is 17.5 Å². The number of rotatable bonds is 4. The molecule has 1 aromatic heterocycles. The van der Waals surface area contributed by atoms with E-state index in [2.05, 4.69) is 10.3 Å². The molecule has 0 unspecified atom stereocenters. The lowest BCUT2D eigenvalue weighted by Crippen LogP contribution is -2.25. The monoisotopic (exact) mass is 252 g/mol. The van der Waals surface area contributed by atoms with Crippen molar-refractivity contribution in [3.8, 4) is 0 Å². The molecular weight excluding hydrogens is 236 g/mol. The Morgan fingerprint density at radius 1 is 1.47 bits per heavy atom. The van der Waals surface area contributed by atoms with Gasteiger partial charge in [-0.1, -0.05) is 37.3 Å². The first-order valence-corrected chi connectivity index (χ1v) is 6.53. The minimum Gasteiger partial charge on any atom is -0.352 e. The predicted molar refractivity (Wildman–Crippen MR) is 68.2 cm³/mol. The van der Waals surface area contributed by atoms with E-state index in [1.54, 1.807) is 18.3 Å². The van der Waals surface area contributed by atoms with Crippen LogP contribution in [0, 0.1) is 5.92 Å². The van der Waals surface area contributed by atoms with Gasteiger partial charge in [-0.2, -0.15) is 0 Å². The molecule has 0 aliphatic heterocycles. The van der Waals surface area contributed by atoms with Crippen molar-refractivity contribution in [2.45, 2.75) is 32.1 Å². The highest BCUT2D eigenvalue weighted by Crippen LogP contribution is 2.26. The molecule has 1 heterocycles. The van der Waals surface area contributed by atoms with Gasteiger partial charge in [0, 0.05) is 18.3 Å². The summed E-state index contributed by atoms with van der Waals surface area (Å²) in [7, 11) is 0. The molecule has 0 saturated heterocycles. The molecule has 0 radical (unpaired) electrons. The molecule has 0 bridgehead atoms. The van der Waals surface area contributed by atoms with Gasteiger partial charge in [-0.3, -0.25) is 4.79 Å². The molecular formula is C13H17ClN2O. The van der Waals surface area contributed by atoms with Gasteiger partial charge in [0.2, 0.25) is 0 Å². The zero-order valence-corrected chi connectivity index (χ0v) is 10.5. The van der Waals surface area contributed by atoms with Crippen LogP contribution in [0.1, 0.15) is 42.5 Å². The molecule has 0 spiro atoms. The van der Waals surface area contributed by atoms with Crippen LogP contribution < -0.4 is 5.32 Å². The molecule has 17 heavy (non-hydrogen) atoms. The summed E-state index contributed by atoms with van der Waals surface area (Å²) in [6.07, 6.45) is 7.96. The third-order valence-corrected chi connectivity index (χ3v) is 3.51. The number of halogens is 1. The summed E-state index contributed by atoms with van der Waals surface area (Å²) in [4.78, 5) is 15.6. The smallest absolute Gasteiger partial charge is 0.251 e. The molecule has 1 aliphatic rings. The van der Waals surface area contributed by atoms with Crippen LogP contribution in [0.2, 0.25) is 5.15 Å². The molecule has 4 heteroatoms. The van der Waals surface area contributed by atoms with Gasteiger partial charge < -0.3 is 5.32 Å². The van der Waals surface area contributed by atoms with Crippen molar-refractivity contribution in [3.05, 3.63) is 29.0 Å². The molecule has 2 rings (SSSR count). The zero-order chi connectivity index (χ0) is 12.1. The molecule has 1 N–H and O–H groups in total. The molecule has 1 aliphatic carbocycles. The lowest BCUT2D eigenvalue weighted by atomic mass is 10.0. The van der Waals surface area contributed by atoms with Crippen molar-refractivity contribution in [3.63, 3.8) is 0 Å². The Morgan fingerprint density at radius 2 is 2.24 bits per heavy atom. The standard InChI is InChI=1S/C13H17ClN2O/c14-12-9-11(6-8-15-12)13(17)16-7-5-10-3-1-2-4-10/h6,8-10H,1-5,7H2,(H,16,17). The van der Waals surface area contributed by atoms with E-state index in [9.17, 15) is 4.79 Å². The normalized spacial score (nSPS) is 16.1. The van der Waals surface area contributed by atoms with Crippen LogP contribution in [0.5, 0.6) is 0 Å². The second-order valence-corrected chi connectivity index (χ2v) is 4.95. The van der Waals surface area contributed by atoms with Gasteiger partial charge >= 0.3 is 0 Å². The second kappa shape index (κ2) is 6.01. The topological polar surface area (TPSA) is 42.0 Å². The summed E-state index contributed by atoms with van der Waals surface area (Å²) in [6.45, 7) is 0.753. The fourth-order valence-corrected chi connectivity index (χ4v) is 2.51. The summed E-state index contributed by atoms with van der Waals surface area (Å²) < 4.78 is 0. The molecule has 1 saturated carbocycles.